The van der Waals surface area contributed by atoms with Crippen molar-refractivity contribution in [2.45, 2.75) is 19.4 Å². The predicted molar refractivity (Wildman–Crippen MR) is 35.3 cm³/mol. The average molecular weight is 117 g/mol. The van der Waals surface area contributed by atoms with Crippen molar-refractivity contribution in [3.05, 3.63) is 0 Å². The number of nitrogens with two attached hydrogens (primary N) is 1. The number of hydrogen-bond acceptors (Lipinski definition) is 3. The van der Waals surface area contributed by atoms with E-state index in [1.807, 2.05) is 7.05 Å². The van der Waals surface area contributed by atoms with Gasteiger partial charge in [-0.25, -0.2) is 0 Å². The van der Waals surface area contributed by atoms with E-state index in [0.29, 0.717) is 12.6 Å². The molecular formula is C5H15N3. The van der Waals surface area contributed by atoms with Crippen LogP contribution in [0.4, 0.5) is 0 Å². The van der Waals surface area contributed by atoms with Crippen molar-refractivity contribution in [2.24, 2.45) is 5.73 Å². The van der Waals surface area contributed by atoms with Gasteiger partial charge in [0.1, 0.15) is 0 Å². The Morgan fingerprint density at radius 1 is 1.62 bits per heavy atom. The van der Waals surface area contributed by atoms with Gasteiger partial charge in [0.2, 0.25) is 0 Å². The van der Waals surface area contributed by atoms with Crippen molar-refractivity contribution < 1.29 is 0 Å². The Bertz CT molecular complexity index is 42.9. The molecule has 0 saturated heterocycles. The minimum absolute atomic E-state index is 0.417. The minimum Gasteiger partial charge on any atom is -0.329 e. The highest BCUT2D eigenvalue weighted by Crippen LogP contribution is 1.82. The van der Waals surface area contributed by atoms with Crippen LogP contribution in [0.5, 0.6) is 0 Å². The monoisotopic (exact) mass is 117 g/mol. The van der Waals surface area contributed by atoms with Crippen LogP contribution in [0.2, 0.25) is 0 Å². The van der Waals surface area contributed by atoms with Crippen molar-refractivity contribution in [1.82, 2.24) is 10.9 Å². The third kappa shape index (κ3) is 2.96. The molecule has 0 bridgehead atoms. The summed E-state index contributed by atoms with van der Waals surface area (Å²) in [7, 11) is 1.85. The van der Waals surface area contributed by atoms with Gasteiger partial charge in [-0.3, -0.25) is 10.9 Å². The molecular weight excluding hydrogens is 102 g/mol. The molecule has 0 aliphatic carbocycles. The molecule has 0 aromatic carbocycles. The summed E-state index contributed by atoms with van der Waals surface area (Å²) in [6, 6.07) is 0.417. The molecule has 0 spiro atoms. The lowest BCUT2D eigenvalue weighted by molar-refractivity contribution is 0.455. The van der Waals surface area contributed by atoms with Crippen LogP contribution in [0, 0.1) is 0 Å². The molecule has 50 valence electrons. The van der Waals surface area contributed by atoms with Gasteiger partial charge in [-0.1, -0.05) is 6.92 Å². The third-order valence-corrected chi connectivity index (χ3v) is 1.13. The standard InChI is InChI=1S/C5H15N3/c1-3-5(4-6)8-7-2/h5,7-8H,3-4,6H2,1-2H3. The summed E-state index contributed by atoms with van der Waals surface area (Å²) in [4.78, 5) is 0. The second kappa shape index (κ2) is 5.03. The molecule has 0 aliphatic rings. The molecule has 0 saturated carbocycles. The summed E-state index contributed by atoms with van der Waals surface area (Å²) in [5.41, 5.74) is 11.2. The summed E-state index contributed by atoms with van der Waals surface area (Å²) in [6.07, 6.45) is 1.07. The van der Waals surface area contributed by atoms with Gasteiger partial charge in [0.05, 0.1) is 0 Å². The van der Waals surface area contributed by atoms with Crippen molar-refractivity contribution in [3.63, 3.8) is 0 Å². The Labute approximate surface area is 50.6 Å². The summed E-state index contributed by atoms with van der Waals surface area (Å²) in [6.45, 7) is 2.79. The van der Waals surface area contributed by atoms with Crippen LogP contribution in [0.25, 0.3) is 0 Å². The zero-order chi connectivity index (χ0) is 6.41. The van der Waals surface area contributed by atoms with E-state index in [2.05, 4.69) is 17.8 Å². The van der Waals surface area contributed by atoms with Gasteiger partial charge in [-0.15, -0.1) is 0 Å². The Morgan fingerprint density at radius 2 is 2.25 bits per heavy atom. The van der Waals surface area contributed by atoms with Crippen LogP contribution in [0.1, 0.15) is 13.3 Å². The largest absolute Gasteiger partial charge is 0.329 e. The molecule has 0 aromatic rings. The van der Waals surface area contributed by atoms with E-state index in [0.717, 1.165) is 6.42 Å². The lowest BCUT2D eigenvalue weighted by Crippen LogP contribution is -2.42. The maximum Gasteiger partial charge on any atom is 0.0332 e. The third-order valence-electron chi connectivity index (χ3n) is 1.13. The van der Waals surface area contributed by atoms with E-state index in [4.69, 9.17) is 5.73 Å². The van der Waals surface area contributed by atoms with Crippen molar-refractivity contribution in [1.29, 1.82) is 0 Å². The van der Waals surface area contributed by atoms with Gasteiger partial charge in [0.15, 0.2) is 0 Å². The van der Waals surface area contributed by atoms with Gasteiger partial charge < -0.3 is 5.73 Å². The van der Waals surface area contributed by atoms with Crippen LogP contribution in [-0.2, 0) is 0 Å². The fourth-order valence-electron chi connectivity index (χ4n) is 0.532. The SMILES string of the molecule is CCC(CN)NNC. The van der Waals surface area contributed by atoms with Crippen LogP contribution in [-0.4, -0.2) is 19.6 Å². The van der Waals surface area contributed by atoms with Gasteiger partial charge in [-0.2, -0.15) is 0 Å². The highest BCUT2D eigenvalue weighted by Gasteiger charge is 1.97. The first-order chi connectivity index (χ1) is 3.85. The predicted octanol–water partition coefficient (Wildman–Crippen LogP) is -0.552. The average Bonchev–Trinajstić information content (AvgIpc) is 1.83. The Balaban J connectivity index is 3.07. The zero-order valence-electron chi connectivity index (χ0n) is 5.57. The van der Waals surface area contributed by atoms with Gasteiger partial charge in [0.25, 0.3) is 0 Å². The quantitative estimate of drug-likeness (QED) is 0.433. The second-order valence-electron chi connectivity index (χ2n) is 1.74. The number of hydrazine groups is 1. The molecule has 0 aromatic heterocycles. The van der Waals surface area contributed by atoms with Crippen LogP contribution in [0.15, 0.2) is 0 Å². The first kappa shape index (κ1) is 7.88. The molecule has 0 amide bonds. The summed E-state index contributed by atoms with van der Waals surface area (Å²) in [5, 5.41) is 0. The zero-order valence-corrected chi connectivity index (χ0v) is 5.57. The van der Waals surface area contributed by atoms with Crippen molar-refractivity contribution >= 4 is 0 Å². The van der Waals surface area contributed by atoms with Crippen LogP contribution in [0.3, 0.4) is 0 Å². The molecule has 0 radical (unpaired) electrons. The molecule has 0 aliphatic heterocycles. The van der Waals surface area contributed by atoms with E-state index in [9.17, 15) is 0 Å². The van der Waals surface area contributed by atoms with Crippen molar-refractivity contribution in [2.75, 3.05) is 13.6 Å². The fraction of sp³-hybridized carbons (Fsp3) is 1.00. The molecule has 0 heterocycles. The Kier molecular flexibility index (Phi) is 4.95. The van der Waals surface area contributed by atoms with Crippen LogP contribution >= 0.6 is 0 Å². The molecule has 3 nitrogen and oxygen atoms in total. The molecule has 3 heteroatoms. The normalized spacial score (nSPS) is 13.9. The first-order valence-corrected chi connectivity index (χ1v) is 2.97. The minimum atomic E-state index is 0.417. The van der Waals surface area contributed by atoms with Crippen LogP contribution < -0.4 is 16.6 Å². The van der Waals surface area contributed by atoms with E-state index in [-0.39, 0.29) is 0 Å². The van der Waals surface area contributed by atoms with E-state index < -0.39 is 0 Å². The van der Waals surface area contributed by atoms with Gasteiger partial charge in [-0.05, 0) is 13.5 Å². The van der Waals surface area contributed by atoms with Gasteiger partial charge >= 0.3 is 0 Å². The number of hydrogen-bond donors (Lipinski definition) is 3. The number of rotatable bonds is 4. The lowest BCUT2D eigenvalue weighted by Gasteiger charge is -2.11. The molecule has 0 rings (SSSR count). The summed E-state index contributed by atoms with van der Waals surface area (Å²) < 4.78 is 0. The highest BCUT2D eigenvalue weighted by atomic mass is 15.3. The summed E-state index contributed by atoms with van der Waals surface area (Å²) >= 11 is 0. The van der Waals surface area contributed by atoms with Crippen molar-refractivity contribution in [3.8, 4) is 0 Å². The molecule has 1 atom stereocenters. The molecule has 0 fully saturated rings. The fourth-order valence-corrected chi connectivity index (χ4v) is 0.532. The first-order valence-electron chi connectivity index (χ1n) is 2.97. The Morgan fingerprint density at radius 3 is 2.38 bits per heavy atom. The van der Waals surface area contributed by atoms with E-state index in [1.165, 1.54) is 0 Å². The summed E-state index contributed by atoms with van der Waals surface area (Å²) in [5.74, 6) is 0. The Hall–Kier alpha value is -0.120. The molecule has 8 heavy (non-hydrogen) atoms. The smallest absolute Gasteiger partial charge is 0.0332 e. The second-order valence-corrected chi connectivity index (χ2v) is 1.74. The van der Waals surface area contributed by atoms with Gasteiger partial charge in [0, 0.05) is 12.6 Å². The maximum atomic E-state index is 5.37. The van der Waals surface area contributed by atoms with E-state index in [1.54, 1.807) is 0 Å². The number of nitrogens with one attached hydrogen (secondary N) is 2. The molecule has 1 unspecified atom stereocenters. The maximum absolute atomic E-state index is 5.37. The topological polar surface area (TPSA) is 50.1 Å². The molecule has 4 N–H and O–H groups in total. The highest BCUT2D eigenvalue weighted by molar-refractivity contribution is 4.60. The lowest BCUT2D eigenvalue weighted by atomic mass is 10.2. The van der Waals surface area contributed by atoms with E-state index >= 15 is 0 Å².